The molecule has 0 saturated heterocycles. The highest BCUT2D eigenvalue weighted by Gasteiger charge is 2.22. The molecule has 0 amide bonds. The van der Waals surface area contributed by atoms with Crippen molar-refractivity contribution in [2.75, 3.05) is 12.8 Å². The van der Waals surface area contributed by atoms with Crippen LogP contribution in [0.15, 0.2) is 24.4 Å². The molecule has 20 heavy (non-hydrogen) atoms. The molecule has 0 radical (unpaired) electrons. The number of hydrogen-bond acceptors (Lipinski definition) is 4. The summed E-state index contributed by atoms with van der Waals surface area (Å²) >= 11 is 0. The van der Waals surface area contributed by atoms with Gasteiger partial charge in [0.25, 0.3) is 0 Å². The number of fused-ring (bicyclic) bond motifs is 1. The fraction of sp³-hybridized carbons (Fsp3) is 0.200. The first-order valence-electron chi connectivity index (χ1n) is 6.27. The monoisotopic (exact) mass is 267 g/mol. The smallest absolute Gasteiger partial charge is 0.357 e. The summed E-state index contributed by atoms with van der Waals surface area (Å²) in [6, 6.07) is 7.97. The van der Waals surface area contributed by atoms with Gasteiger partial charge in [-0.1, -0.05) is 6.07 Å². The Labute approximate surface area is 116 Å². The maximum Gasteiger partial charge on any atom is 0.357 e. The van der Waals surface area contributed by atoms with Crippen molar-refractivity contribution in [1.82, 2.24) is 4.57 Å². The fourth-order valence-corrected chi connectivity index (χ4v) is 2.45. The predicted octanol–water partition coefficient (Wildman–Crippen LogP) is 1.82. The van der Waals surface area contributed by atoms with E-state index in [1.54, 1.807) is 10.8 Å². The van der Waals surface area contributed by atoms with Crippen molar-refractivity contribution in [2.24, 2.45) is 0 Å². The largest absolute Gasteiger partial charge is 0.464 e. The predicted molar refractivity (Wildman–Crippen MR) is 73.6 cm³/mol. The molecule has 0 unspecified atom stereocenters. The van der Waals surface area contributed by atoms with Crippen LogP contribution in [0.4, 0.5) is 5.69 Å². The van der Waals surface area contributed by atoms with Crippen LogP contribution in [0.25, 0.3) is 5.69 Å². The average Bonchev–Trinajstić information content (AvgIpc) is 2.76. The van der Waals surface area contributed by atoms with E-state index in [1.165, 1.54) is 18.2 Å². The first kappa shape index (κ1) is 12.3. The number of nitrogens with zero attached hydrogens (tertiary/aromatic N) is 2. The molecule has 0 saturated carbocycles. The fourth-order valence-electron chi connectivity index (χ4n) is 2.45. The van der Waals surface area contributed by atoms with Crippen molar-refractivity contribution in [2.45, 2.75) is 12.8 Å². The molecule has 0 spiro atoms. The van der Waals surface area contributed by atoms with Crippen LogP contribution in [0.3, 0.4) is 0 Å². The molecular formula is C15H13N3O2. The Morgan fingerprint density at radius 2 is 2.15 bits per heavy atom. The van der Waals surface area contributed by atoms with E-state index in [0.29, 0.717) is 0 Å². The lowest BCUT2D eigenvalue weighted by Crippen LogP contribution is -2.13. The quantitative estimate of drug-likeness (QED) is 0.841. The lowest BCUT2D eigenvalue weighted by Gasteiger charge is -2.20. The van der Waals surface area contributed by atoms with Crippen LogP contribution in [0, 0.1) is 11.3 Å². The molecule has 1 aromatic heterocycles. The van der Waals surface area contributed by atoms with Gasteiger partial charge < -0.3 is 15.0 Å². The lowest BCUT2D eigenvalue weighted by molar-refractivity contribution is 0.0593. The summed E-state index contributed by atoms with van der Waals surface area (Å²) in [4.78, 5) is 11.9. The standard InChI is InChI=1S/C15H13N3O2/c1-20-15(19)14-13(17)11(7-16)8-18(14)12-5-4-9-2-3-10(9)6-12/h4-6,8H,2-3,17H2,1H3. The molecule has 100 valence electrons. The second-order valence-corrected chi connectivity index (χ2v) is 4.73. The number of ether oxygens (including phenoxy) is 1. The van der Waals surface area contributed by atoms with Crippen LogP contribution in [0.2, 0.25) is 0 Å². The molecule has 2 N–H and O–H groups in total. The number of carbonyl (C=O) groups excluding carboxylic acids is 1. The Hall–Kier alpha value is -2.74. The molecule has 3 rings (SSSR count). The number of aromatic nitrogens is 1. The molecule has 0 atom stereocenters. The van der Waals surface area contributed by atoms with Crippen LogP contribution in [0.5, 0.6) is 0 Å². The summed E-state index contributed by atoms with van der Waals surface area (Å²) in [5.74, 6) is -0.549. The first-order valence-corrected chi connectivity index (χ1v) is 6.27. The van der Waals surface area contributed by atoms with E-state index in [0.717, 1.165) is 18.5 Å². The van der Waals surface area contributed by atoms with Gasteiger partial charge in [-0.25, -0.2) is 4.79 Å². The Kier molecular flexibility index (Phi) is 2.72. The number of esters is 1. The summed E-state index contributed by atoms with van der Waals surface area (Å²) in [6.07, 6.45) is 3.71. The first-order chi connectivity index (χ1) is 9.65. The maximum absolute atomic E-state index is 11.9. The Balaban J connectivity index is 2.19. The van der Waals surface area contributed by atoms with E-state index >= 15 is 0 Å². The molecule has 5 heteroatoms. The summed E-state index contributed by atoms with van der Waals surface area (Å²) < 4.78 is 6.38. The number of carbonyl (C=O) groups is 1. The molecule has 5 nitrogen and oxygen atoms in total. The SMILES string of the molecule is COC(=O)c1c(N)c(C#N)cn1-c1ccc2c(c1)CC2. The minimum Gasteiger partial charge on any atom is -0.464 e. The number of nitriles is 1. The van der Waals surface area contributed by atoms with Crippen LogP contribution in [-0.4, -0.2) is 17.6 Å². The molecule has 0 fully saturated rings. The van der Waals surface area contributed by atoms with Gasteiger partial charge in [0.2, 0.25) is 0 Å². The second-order valence-electron chi connectivity index (χ2n) is 4.73. The topological polar surface area (TPSA) is 81.0 Å². The third-order valence-corrected chi connectivity index (χ3v) is 3.68. The molecular weight excluding hydrogens is 254 g/mol. The van der Waals surface area contributed by atoms with Gasteiger partial charge in [0, 0.05) is 11.9 Å². The third kappa shape index (κ3) is 1.66. The number of hydrogen-bond donors (Lipinski definition) is 1. The average molecular weight is 267 g/mol. The van der Waals surface area contributed by atoms with Crippen molar-refractivity contribution in [3.05, 3.63) is 46.8 Å². The molecule has 1 aromatic carbocycles. The van der Waals surface area contributed by atoms with Gasteiger partial charge in [-0.2, -0.15) is 5.26 Å². The maximum atomic E-state index is 11.9. The number of nitrogens with two attached hydrogens (primary N) is 1. The molecule has 1 heterocycles. The number of rotatable bonds is 2. The van der Waals surface area contributed by atoms with Gasteiger partial charge in [0.05, 0.1) is 18.4 Å². The van der Waals surface area contributed by atoms with E-state index in [4.69, 9.17) is 15.7 Å². The highest BCUT2D eigenvalue weighted by molar-refractivity contribution is 5.95. The molecule has 0 aliphatic heterocycles. The number of methoxy groups -OCH3 is 1. The van der Waals surface area contributed by atoms with Gasteiger partial charge in [0.15, 0.2) is 5.69 Å². The molecule has 1 aliphatic rings. The molecule has 0 bridgehead atoms. The second kappa shape index (κ2) is 4.42. The minimum atomic E-state index is -0.549. The van der Waals surface area contributed by atoms with E-state index in [9.17, 15) is 4.79 Å². The van der Waals surface area contributed by atoms with Gasteiger partial charge in [-0.3, -0.25) is 0 Å². The van der Waals surface area contributed by atoms with Crippen molar-refractivity contribution >= 4 is 11.7 Å². The highest BCUT2D eigenvalue weighted by atomic mass is 16.5. The van der Waals surface area contributed by atoms with Crippen LogP contribution < -0.4 is 5.73 Å². The van der Waals surface area contributed by atoms with E-state index < -0.39 is 5.97 Å². The zero-order valence-corrected chi connectivity index (χ0v) is 11.0. The van der Waals surface area contributed by atoms with Crippen LogP contribution >= 0.6 is 0 Å². The summed E-state index contributed by atoms with van der Waals surface area (Å²) in [6.45, 7) is 0. The van der Waals surface area contributed by atoms with E-state index in [2.05, 4.69) is 0 Å². The van der Waals surface area contributed by atoms with E-state index in [-0.39, 0.29) is 16.9 Å². The van der Waals surface area contributed by atoms with Crippen molar-refractivity contribution in [1.29, 1.82) is 5.26 Å². The van der Waals surface area contributed by atoms with Crippen molar-refractivity contribution in [3.8, 4) is 11.8 Å². The Morgan fingerprint density at radius 3 is 2.70 bits per heavy atom. The van der Waals surface area contributed by atoms with Crippen molar-refractivity contribution in [3.63, 3.8) is 0 Å². The summed E-state index contributed by atoms with van der Waals surface area (Å²) in [7, 11) is 1.29. The van der Waals surface area contributed by atoms with E-state index in [1.807, 2.05) is 24.3 Å². The number of aryl methyl sites for hydroxylation is 2. The number of anilines is 1. The third-order valence-electron chi connectivity index (χ3n) is 3.68. The summed E-state index contributed by atoms with van der Waals surface area (Å²) in [5.41, 5.74) is 9.90. The van der Waals surface area contributed by atoms with Gasteiger partial charge in [0.1, 0.15) is 6.07 Å². The van der Waals surface area contributed by atoms with Gasteiger partial charge >= 0.3 is 5.97 Å². The summed E-state index contributed by atoms with van der Waals surface area (Å²) in [5, 5.41) is 9.07. The highest BCUT2D eigenvalue weighted by Crippen LogP contribution is 2.29. The van der Waals surface area contributed by atoms with Gasteiger partial charge in [-0.15, -0.1) is 0 Å². The lowest BCUT2D eigenvalue weighted by atomic mass is 9.88. The number of benzene rings is 1. The molecule has 1 aliphatic carbocycles. The zero-order chi connectivity index (χ0) is 14.3. The van der Waals surface area contributed by atoms with Crippen LogP contribution in [0.1, 0.15) is 27.2 Å². The minimum absolute atomic E-state index is 0.155. The van der Waals surface area contributed by atoms with Gasteiger partial charge in [-0.05, 0) is 36.1 Å². The van der Waals surface area contributed by atoms with Crippen molar-refractivity contribution < 1.29 is 9.53 Å². The zero-order valence-electron chi connectivity index (χ0n) is 11.0. The Bertz CT molecular complexity index is 753. The van der Waals surface area contributed by atoms with Crippen LogP contribution in [-0.2, 0) is 17.6 Å². The molecule has 2 aromatic rings. The Morgan fingerprint density at radius 1 is 1.40 bits per heavy atom. The number of nitrogen functional groups attached to an aromatic ring is 1. The normalized spacial score (nSPS) is 12.2.